The van der Waals surface area contributed by atoms with E-state index in [0.29, 0.717) is 16.5 Å². The monoisotopic (exact) mass is 369 g/mol. The summed E-state index contributed by atoms with van der Waals surface area (Å²) < 4.78 is 0. The highest BCUT2D eigenvalue weighted by molar-refractivity contribution is 6.42. The molecule has 2 saturated heterocycles. The zero-order valence-corrected chi connectivity index (χ0v) is 15.4. The van der Waals surface area contributed by atoms with Crippen LogP contribution in [-0.4, -0.2) is 54.0 Å². The van der Waals surface area contributed by atoms with E-state index in [0.717, 1.165) is 44.6 Å². The number of nitrogens with zero attached hydrogens (tertiary/aromatic N) is 2. The van der Waals surface area contributed by atoms with Crippen LogP contribution in [0.3, 0.4) is 0 Å². The predicted molar refractivity (Wildman–Crippen MR) is 98.6 cm³/mol. The lowest BCUT2D eigenvalue weighted by molar-refractivity contribution is -0.135. The molecule has 2 atom stereocenters. The smallest absolute Gasteiger partial charge is 0.227 e. The number of piperidine rings is 1. The Morgan fingerprint density at radius 3 is 2.58 bits per heavy atom. The van der Waals surface area contributed by atoms with Crippen LogP contribution in [-0.2, 0) is 11.2 Å². The van der Waals surface area contributed by atoms with Crippen molar-refractivity contribution in [2.24, 2.45) is 5.73 Å². The van der Waals surface area contributed by atoms with E-state index < -0.39 is 0 Å². The Labute approximate surface area is 153 Å². The van der Waals surface area contributed by atoms with Crippen LogP contribution in [0.15, 0.2) is 18.2 Å². The van der Waals surface area contributed by atoms with Gasteiger partial charge in [0.15, 0.2) is 0 Å². The molecule has 1 aromatic rings. The Hall–Kier alpha value is -0.810. The van der Waals surface area contributed by atoms with E-state index in [1.54, 1.807) is 12.1 Å². The molecule has 0 spiro atoms. The quantitative estimate of drug-likeness (QED) is 0.887. The fourth-order valence-corrected chi connectivity index (χ4v) is 4.11. The van der Waals surface area contributed by atoms with Crippen LogP contribution in [0.1, 0.15) is 31.2 Å². The molecule has 0 bridgehead atoms. The normalized spacial score (nSPS) is 25.2. The summed E-state index contributed by atoms with van der Waals surface area (Å²) in [6.45, 7) is 3.94. The number of amides is 1. The van der Waals surface area contributed by atoms with Gasteiger partial charge in [-0.1, -0.05) is 29.3 Å². The Morgan fingerprint density at radius 2 is 1.88 bits per heavy atom. The molecule has 4 nitrogen and oxygen atoms in total. The van der Waals surface area contributed by atoms with Crippen LogP contribution < -0.4 is 5.73 Å². The number of nitrogens with two attached hydrogens (primary N) is 1. The van der Waals surface area contributed by atoms with E-state index in [2.05, 4.69) is 4.90 Å². The Morgan fingerprint density at radius 1 is 1.12 bits per heavy atom. The van der Waals surface area contributed by atoms with Crippen LogP contribution in [0.25, 0.3) is 0 Å². The lowest BCUT2D eigenvalue weighted by Gasteiger charge is -2.41. The minimum Gasteiger partial charge on any atom is -0.337 e. The summed E-state index contributed by atoms with van der Waals surface area (Å²) in [4.78, 5) is 17.3. The number of likely N-dealkylation sites (tertiary alicyclic amines) is 2. The third-order valence-corrected chi connectivity index (χ3v) is 5.87. The molecule has 132 valence electrons. The molecule has 0 saturated carbocycles. The van der Waals surface area contributed by atoms with Gasteiger partial charge in [-0.15, -0.1) is 0 Å². The highest BCUT2D eigenvalue weighted by Gasteiger charge is 2.33. The largest absolute Gasteiger partial charge is 0.337 e. The average molecular weight is 370 g/mol. The number of hydrogen-bond donors (Lipinski definition) is 1. The molecule has 24 heavy (non-hydrogen) atoms. The molecule has 0 unspecified atom stereocenters. The molecule has 3 rings (SSSR count). The van der Waals surface area contributed by atoms with Crippen molar-refractivity contribution in [2.45, 2.75) is 44.2 Å². The van der Waals surface area contributed by atoms with E-state index in [1.165, 1.54) is 12.8 Å². The van der Waals surface area contributed by atoms with Gasteiger partial charge < -0.3 is 15.5 Å². The summed E-state index contributed by atoms with van der Waals surface area (Å²) in [6, 6.07) is 5.58. The van der Waals surface area contributed by atoms with E-state index in [-0.39, 0.29) is 18.0 Å². The van der Waals surface area contributed by atoms with E-state index in [9.17, 15) is 4.79 Å². The van der Waals surface area contributed by atoms with Crippen LogP contribution in [0.4, 0.5) is 0 Å². The van der Waals surface area contributed by atoms with Crippen LogP contribution in [0.5, 0.6) is 0 Å². The maximum atomic E-state index is 12.9. The third-order valence-electron chi connectivity index (χ3n) is 5.13. The molecule has 2 aliphatic heterocycles. The second-order valence-electron chi connectivity index (χ2n) is 6.89. The lowest BCUT2D eigenvalue weighted by atomic mass is 9.95. The molecule has 2 fully saturated rings. The van der Waals surface area contributed by atoms with Crippen molar-refractivity contribution >= 4 is 29.1 Å². The van der Waals surface area contributed by atoms with Gasteiger partial charge in [-0.2, -0.15) is 0 Å². The van der Waals surface area contributed by atoms with Gasteiger partial charge in [0.25, 0.3) is 0 Å². The number of rotatable bonds is 4. The van der Waals surface area contributed by atoms with Crippen LogP contribution >= 0.6 is 23.2 Å². The average Bonchev–Trinajstić information content (AvgIpc) is 3.06. The fourth-order valence-electron chi connectivity index (χ4n) is 3.79. The number of carbonyl (C=O) groups is 1. The van der Waals surface area contributed by atoms with Gasteiger partial charge in [0.1, 0.15) is 0 Å². The van der Waals surface area contributed by atoms with Gasteiger partial charge in [0.05, 0.1) is 22.5 Å². The van der Waals surface area contributed by atoms with Gasteiger partial charge in [0, 0.05) is 19.1 Å². The van der Waals surface area contributed by atoms with Crippen molar-refractivity contribution in [3.63, 3.8) is 0 Å². The first kappa shape index (κ1) is 18.0. The topological polar surface area (TPSA) is 49.6 Å². The van der Waals surface area contributed by atoms with E-state index in [1.807, 2.05) is 11.0 Å². The Kier molecular flexibility index (Phi) is 6.03. The molecular formula is C18H25Cl2N3O. The molecule has 1 amide bonds. The third kappa shape index (κ3) is 4.23. The number of halogens is 2. The van der Waals surface area contributed by atoms with E-state index >= 15 is 0 Å². The van der Waals surface area contributed by atoms with Crippen molar-refractivity contribution < 1.29 is 4.79 Å². The number of hydrogen-bond acceptors (Lipinski definition) is 3. The first-order chi connectivity index (χ1) is 11.5. The number of benzene rings is 1. The second-order valence-corrected chi connectivity index (χ2v) is 7.71. The van der Waals surface area contributed by atoms with Crippen molar-refractivity contribution in [1.82, 2.24) is 9.80 Å². The van der Waals surface area contributed by atoms with Gasteiger partial charge in [0.2, 0.25) is 5.91 Å². The molecular weight excluding hydrogens is 345 g/mol. The Balaban J connectivity index is 1.68. The second kappa shape index (κ2) is 8.05. The molecule has 6 heteroatoms. The summed E-state index contributed by atoms with van der Waals surface area (Å²) in [7, 11) is 0. The molecule has 2 aliphatic rings. The fraction of sp³-hybridized carbons (Fsp3) is 0.611. The lowest BCUT2D eigenvalue weighted by Crippen LogP contribution is -2.58. The van der Waals surface area contributed by atoms with E-state index in [4.69, 9.17) is 28.9 Å². The zero-order valence-electron chi connectivity index (χ0n) is 13.9. The zero-order chi connectivity index (χ0) is 17.1. The summed E-state index contributed by atoms with van der Waals surface area (Å²) in [5, 5.41) is 1.01. The summed E-state index contributed by atoms with van der Waals surface area (Å²) in [6.07, 6.45) is 4.82. The molecule has 1 aromatic carbocycles. The standard InChI is InChI=1S/C18H25Cl2N3O/c19-14-6-5-13(10-15(14)20)11-18(24)23-9-3-4-16(21)17(23)12-22-7-1-2-8-22/h5-6,10,16-17H,1-4,7-9,11-12,21H2/t16-,17+/m0/s1. The summed E-state index contributed by atoms with van der Waals surface area (Å²) in [5.74, 6) is 0.132. The van der Waals surface area contributed by atoms with Crippen LogP contribution in [0, 0.1) is 0 Å². The van der Waals surface area contributed by atoms with Crippen molar-refractivity contribution in [3.05, 3.63) is 33.8 Å². The SMILES string of the molecule is N[C@H]1CCCN(C(=O)Cc2ccc(Cl)c(Cl)c2)[C@@H]1CN1CCCC1. The minimum absolute atomic E-state index is 0.0668. The predicted octanol–water partition coefficient (Wildman–Crippen LogP) is 2.95. The minimum atomic E-state index is 0.0668. The molecule has 2 heterocycles. The van der Waals surface area contributed by atoms with Gasteiger partial charge in [-0.25, -0.2) is 0 Å². The Bertz CT molecular complexity index is 590. The van der Waals surface area contributed by atoms with Crippen molar-refractivity contribution in [2.75, 3.05) is 26.2 Å². The highest BCUT2D eigenvalue weighted by Crippen LogP contribution is 2.24. The molecule has 2 N–H and O–H groups in total. The first-order valence-corrected chi connectivity index (χ1v) is 9.51. The summed E-state index contributed by atoms with van der Waals surface area (Å²) >= 11 is 12.0. The van der Waals surface area contributed by atoms with Gasteiger partial charge >= 0.3 is 0 Å². The van der Waals surface area contributed by atoms with Crippen molar-refractivity contribution in [3.8, 4) is 0 Å². The maximum absolute atomic E-state index is 12.9. The molecule has 0 radical (unpaired) electrons. The first-order valence-electron chi connectivity index (χ1n) is 8.76. The maximum Gasteiger partial charge on any atom is 0.227 e. The highest BCUT2D eigenvalue weighted by atomic mass is 35.5. The van der Waals surface area contributed by atoms with Gasteiger partial charge in [-0.05, 0) is 56.5 Å². The van der Waals surface area contributed by atoms with Gasteiger partial charge in [-0.3, -0.25) is 4.79 Å². The molecule has 0 aliphatic carbocycles. The summed E-state index contributed by atoms with van der Waals surface area (Å²) in [5.41, 5.74) is 7.26. The molecule has 0 aromatic heterocycles. The van der Waals surface area contributed by atoms with Crippen molar-refractivity contribution in [1.29, 1.82) is 0 Å². The van der Waals surface area contributed by atoms with Crippen LogP contribution in [0.2, 0.25) is 10.0 Å². The number of carbonyl (C=O) groups excluding carboxylic acids is 1.